The van der Waals surface area contributed by atoms with Crippen molar-refractivity contribution in [2.75, 3.05) is 6.54 Å². The quantitative estimate of drug-likeness (QED) is 0.774. The van der Waals surface area contributed by atoms with E-state index in [1.807, 2.05) is 6.20 Å². The smallest absolute Gasteiger partial charge is 0.0375 e. The monoisotopic (exact) mass is 234 g/mol. The highest BCUT2D eigenvalue weighted by atomic mass is 14.9. The normalized spacial score (nSPS) is 14.6. The van der Waals surface area contributed by atoms with E-state index in [0.29, 0.717) is 6.04 Å². The molecule has 1 aromatic rings. The summed E-state index contributed by atoms with van der Waals surface area (Å²) in [5.41, 5.74) is 2.48. The van der Waals surface area contributed by atoms with Crippen LogP contribution in [-0.2, 0) is 0 Å². The van der Waals surface area contributed by atoms with E-state index in [9.17, 15) is 0 Å². The summed E-state index contributed by atoms with van der Waals surface area (Å²) in [5.74, 6) is 0.775. The maximum Gasteiger partial charge on any atom is 0.0375 e. The number of hydrogen-bond donors (Lipinski definition) is 1. The van der Waals surface area contributed by atoms with Gasteiger partial charge in [-0.05, 0) is 43.5 Å². The van der Waals surface area contributed by atoms with Crippen molar-refractivity contribution >= 4 is 0 Å². The van der Waals surface area contributed by atoms with E-state index in [0.717, 1.165) is 18.2 Å². The maximum atomic E-state index is 4.27. The van der Waals surface area contributed by atoms with Crippen molar-refractivity contribution in [1.29, 1.82) is 0 Å². The minimum atomic E-state index is 0.475. The highest BCUT2D eigenvalue weighted by Gasteiger charge is 2.14. The molecule has 0 aromatic carbocycles. The van der Waals surface area contributed by atoms with Gasteiger partial charge < -0.3 is 5.32 Å². The Hall–Kier alpha value is -0.890. The van der Waals surface area contributed by atoms with Crippen LogP contribution in [0.4, 0.5) is 0 Å². The average molecular weight is 234 g/mol. The SMILES string of the molecule is CCCC(C)CC(NCC)c1ccnc(C)c1. The van der Waals surface area contributed by atoms with Gasteiger partial charge in [-0.3, -0.25) is 4.98 Å². The molecule has 0 bridgehead atoms. The minimum Gasteiger partial charge on any atom is -0.310 e. The summed E-state index contributed by atoms with van der Waals surface area (Å²) in [6.45, 7) is 9.86. The molecule has 1 N–H and O–H groups in total. The molecule has 0 radical (unpaired) electrons. The van der Waals surface area contributed by atoms with Crippen LogP contribution >= 0.6 is 0 Å². The first-order chi connectivity index (χ1) is 8.17. The molecule has 0 aliphatic rings. The molecule has 2 heteroatoms. The molecule has 17 heavy (non-hydrogen) atoms. The lowest BCUT2D eigenvalue weighted by molar-refractivity contribution is 0.395. The zero-order chi connectivity index (χ0) is 12.7. The van der Waals surface area contributed by atoms with Crippen molar-refractivity contribution in [3.8, 4) is 0 Å². The van der Waals surface area contributed by atoms with Crippen molar-refractivity contribution in [2.45, 2.75) is 53.0 Å². The molecule has 1 aromatic heterocycles. The van der Waals surface area contributed by atoms with E-state index in [-0.39, 0.29) is 0 Å². The number of aromatic nitrogens is 1. The molecule has 0 saturated heterocycles. The van der Waals surface area contributed by atoms with Gasteiger partial charge in [-0.25, -0.2) is 0 Å². The number of hydrogen-bond acceptors (Lipinski definition) is 2. The Morgan fingerprint density at radius 1 is 1.35 bits per heavy atom. The van der Waals surface area contributed by atoms with Gasteiger partial charge >= 0.3 is 0 Å². The van der Waals surface area contributed by atoms with Gasteiger partial charge in [0.05, 0.1) is 0 Å². The Balaban J connectivity index is 2.71. The number of nitrogens with one attached hydrogen (secondary N) is 1. The molecule has 0 spiro atoms. The van der Waals surface area contributed by atoms with Crippen molar-refractivity contribution in [3.05, 3.63) is 29.6 Å². The third-order valence-corrected chi connectivity index (χ3v) is 3.19. The summed E-state index contributed by atoms with van der Waals surface area (Å²) in [7, 11) is 0. The van der Waals surface area contributed by atoms with E-state index in [2.05, 4.69) is 50.1 Å². The number of nitrogens with zero attached hydrogens (tertiary/aromatic N) is 1. The third-order valence-electron chi connectivity index (χ3n) is 3.19. The van der Waals surface area contributed by atoms with E-state index < -0.39 is 0 Å². The summed E-state index contributed by atoms with van der Waals surface area (Å²) >= 11 is 0. The second kappa shape index (κ2) is 7.44. The molecular weight excluding hydrogens is 208 g/mol. The molecule has 0 aliphatic carbocycles. The second-order valence-electron chi connectivity index (χ2n) is 4.97. The van der Waals surface area contributed by atoms with Gasteiger partial charge in [0.25, 0.3) is 0 Å². The molecule has 96 valence electrons. The van der Waals surface area contributed by atoms with Crippen LogP contribution in [0.1, 0.15) is 57.3 Å². The molecule has 0 fully saturated rings. The zero-order valence-electron chi connectivity index (χ0n) is 11.7. The Morgan fingerprint density at radius 3 is 2.71 bits per heavy atom. The molecule has 0 aliphatic heterocycles. The van der Waals surface area contributed by atoms with Crippen LogP contribution in [0.5, 0.6) is 0 Å². The lowest BCUT2D eigenvalue weighted by atomic mass is 9.93. The fraction of sp³-hybridized carbons (Fsp3) is 0.667. The zero-order valence-corrected chi connectivity index (χ0v) is 11.7. The highest BCUT2D eigenvalue weighted by molar-refractivity contribution is 5.19. The van der Waals surface area contributed by atoms with E-state index in [4.69, 9.17) is 0 Å². The second-order valence-corrected chi connectivity index (χ2v) is 4.97. The Bertz CT molecular complexity index is 322. The topological polar surface area (TPSA) is 24.9 Å². The molecule has 2 nitrogen and oxygen atoms in total. The predicted molar refractivity (Wildman–Crippen MR) is 74.1 cm³/mol. The molecular formula is C15H26N2. The lowest BCUT2D eigenvalue weighted by Gasteiger charge is -2.22. The van der Waals surface area contributed by atoms with Gasteiger partial charge in [-0.15, -0.1) is 0 Å². The summed E-state index contributed by atoms with van der Waals surface area (Å²) in [4.78, 5) is 4.27. The van der Waals surface area contributed by atoms with Crippen LogP contribution in [0.25, 0.3) is 0 Å². The summed E-state index contributed by atoms with van der Waals surface area (Å²) in [6, 6.07) is 4.81. The fourth-order valence-electron chi connectivity index (χ4n) is 2.38. The van der Waals surface area contributed by atoms with Crippen LogP contribution in [0.2, 0.25) is 0 Å². The van der Waals surface area contributed by atoms with E-state index in [1.54, 1.807) is 0 Å². The van der Waals surface area contributed by atoms with Gasteiger partial charge in [0, 0.05) is 17.9 Å². The first-order valence-corrected chi connectivity index (χ1v) is 6.83. The van der Waals surface area contributed by atoms with Gasteiger partial charge in [0.1, 0.15) is 0 Å². The molecule has 2 unspecified atom stereocenters. The lowest BCUT2D eigenvalue weighted by Crippen LogP contribution is -2.23. The fourth-order valence-corrected chi connectivity index (χ4v) is 2.38. The highest BCUT2D eigenvalue weighted by Crippen LogP contribution is 2.23. The molecule has 2 atom stereocenters. The Morgan fingerprint density at radius 2 is 2.12 bits per heavy atom. The van der Waals surface area contributed by atoms with E-state index in [1.165, 1.54) is 24.8 Å². The van der Waals surface area contributed by atoms with E-state index >= 15 is 0 Å². The largest absolute Gasteiger partial charge is 0.310 e. The Kier molecular flexibility index (Phi) is 6.20. The average Bonchev–Trinajstić information content (AvgIpc) is 2.29. The number of aryl methyl sites for hydroxylation is 1. The molecule has 0 saturated carbocycles. The van der Waals surface area contributed by atoms with Crippen molar-refractivity contribution in [1.82, 2.24) is 10.3 Å². The molecule has 0 amide bonds. The summed E-state index contributed by atoms with van der Waals surface area (Å²) in [5, 5.41) is 3.59. The van der Waals surface area contributed by atoms with Gasteiger partial charge in [0.2, 0.25) is 0 Å². The van der Waals surface area contributed by atoms with Gasteiger partial charge in [0.15, 0.2) is 0 Å². The summed E-state index contributed by atoms with van der Waals surface area (Å²) in [6.07, 6.45) is 5.71. The van der Waals surface area contributed by atoms with Crippen molar-refractivity contribution in [2.24, 2.45) is 5.92 Å². The van der Waals surface area contributed by atoms with Crippen molar-refractivity contribution < 1.29 is 0 Å². The first kappa shape index (κ1) is 14.2. The van der Waals surface area contributed by atoms with Gasteiger partial charge in [-0.2, -0.15) is 0 Å². The van der Waals surface area contributed by atoms with Crippen LogP contribution in [0.15, 0.2) is 18.3 Å². The number of rotatable bonds is 7. The van der Waals surface area contributed by atoms with Gasteiger partial charge in [-0.1, -0.05) is 33.6 Å². The van der Waals surface area contributed by atoms with Crippen LogP contribution in [0.3, 0.4) is 0 Å². The molecule has 1 heterocycles. The summed E-state index contributed by atoms with van der Waals surface area (Å²) < 4.78 is 0. The van der Waals surface area contributed by atoms with Crippen molar-refractivity contribution in [3.63, 3.8) is 0 Å². The minimum absolute atomic E-state index is 0.475. The predicted octanol–water partition coefficient (Wildman–Crippen LogP) is 3.87. The van der Waals surface area contributed by atoms with Crippen LogP contribution in [-0.4, -0.2) is 11.5 Å². The molecule has 1 rings (SSSR count). The standard InChI is InChI=1S/C15H26N2/c1-5-7-12(3)10-15(16-6-2)14-8-9-17-13(4)11-14/h8-9,11-12,15-16H,5-7,10H2,1-4H3. The van der Waals surface area contributed by atoms with Crippen LogP contribution in [0, 0.1) is 12.8 Å². The van der Waals surface area contributed by atoms with Crippen LogP contribution < -0.4 is 5.32 Å². The third kappa shape index (κ3) is 4.86. The Labute approximate surface area is 106 Å². The first-order valence-electron chi connectivity index (χ1n) is 6.83. The number of pyridine rings is 1. The maximum absolute atomic E-state index is 4.27.